The summed E-state index contributed by atoms with van der Waals surface area (Å²) in [6.45, 7) is 0. The molecule has 0 fully saturated rings. The first-order valence-corrected chi connectivity index (χ1v) is 6.26. The van der Waals surface area contributed by atoms with Crippen LogP contribution in [0.1, 0.15) is 0 Å². The highest BCUT2D eigenvalue weighted by atomic mass is 79.9. The molecule has 7 heteroatoms. The van der Waals surface area contributed by atoms with Gasteiger partial charge in [0.05, 0.1) is 5.02 Å². The maximum Gasteiger partial charge on any atom is 0.240 e. The van der Waals surface area contributed by atoms with E-state index in [1.54, 1.807) is 6.07 Å². The molecular formula is C11H6BrCl2FN2O. The van der Waals surface area contributed by atoms with Gasteiger partial charge in [0.25, 0.3) is 0 Å². The number of pyridine rings is 1. The summed E-state index contributed by atoms with van der Waals surface area (Å²) in [5.41, 5.74) is 5.54. The van der Waals surface area contributed by atoms with Gasteiger partial charge < -0.3 is 10.5 Å². The van der Waals surface area contributed by atoms with E-state index in [2.05, 4.69) is 20.9 Å². The number of rotatable bonds is 2. The Kier molecular flexibility index (Phi) is 3.94. The maximum atomic E-state index is 13.2. The summed E-state index contributed by atoms with van der Waals surface area (Å²) in [7, 11) is 0. The van der Waals surface area contributed by atoms with Gasteiger partial charge in [-0.2, -0.15) is 4.98 Å². The Morgan fingerprint density at radius 3 is 2.56 bits per heavy atom. The first-order chi connectivity index (χ1) is 8.45. The Hall–Kier alpha value is -1.04. The molecule has 0 aliphatic rings. The first kappa shape index (κ1) is 13.4. The van der Waals surface area contributed by atoms with Crippen molar-refractivity contribution in [3.8, 4) is 11.6 Å². The van der Waals surface area contributed by atoms with Crippen LogP contribution in [0.4, 0.5) is 10.2 Å². The Morgan fingerprint density at radius 1 is 1.17 bits per heavy atom. The molecule has 2 rings (SSSR count). The lowest BCUT2D eigenvalue weighted by molar-refractivity contribution is 0.459. The van der Waals surface area contributed by atoms with E-state index in [1.807, 2.05) is 0 Å². The monoisotopic (exact) mass is 350 g/mol. The van der Waals surface area contributed by atoms with Crippen molar-refractivity contribution in [1.29, 1.82) is 0 Å². The molecule has 1 aromatic carbocycles. The first-order valence-electron chi connectivity index (χ1n) is 4.71. The Balaban J connectivity index is 2.36. The molecule has 1 heterocycles. The number of ether oxygens (including phenoxy) is 1. The number of nitrogen functional groups attached to an aromatic ring is 1. The van der Waals surface area contributed by atoms with E-state index >= 15 is 0 Å². The number of anilines is 1. The summed E-state index contributed by atoms with van der Waals surface area (Å²) in [5.74, 6) is -0.0435. The lowest BCUT2D eigenvalue weighted by Crippen LogP contribution is -1.96. The minimum absolute atomic E-state index is 0.0658. The zero-order chi connectivity index (χ0) is 13.3. The van der Waals surface area contributed by atoms with E-state index in [0.717, 1.165) is 0 Å². The third-order valence-electron chi connectivity index (χ3n) is 1.98. The smallest absolute Gasteiger partial charge is 0.240 e. The van der Waals surface area contributed by atoms with Crippen molar-refractivity contribution in [2.24, 2.45) is 0 Å². The van der Waals surface area contributed by atoms with Crippen molar-refractivity contribution in [1.82, 2.24) is 4.98 Å². The molecule has 3 nitrogen and oxygen atoms in total. The molecule has 18 heavy (non-hydrogen) atoms. The predicted octanol–water partition coefficient (Wildman–Crippen LogP) is 4.66. The number of hydrogen-bond donors (Lipinski definition) is 1. The zero-order valence-electron chi connectivity index (χ0n) is 8.75. The second-order valence-corrected chi connectivity index (χ2v) is 5.08. The zero-order valence-corrected chi connectivity index (χ0v) is 11.9. The Bertz CT molecular complexity index is 590. The summed E-state index contributed by atoms with van der Waals surface area (Å²) >= 11 is 14.8. The lowest BCUT2D eigenvalue weighted by atomic mass is 10.3. The molecule has 0 atom stereocenters. The van der Waals surface area contributed by atoms with E-state index < -0.39 is 5.82 Å². The minimum Gasteiger partial charge on any atom is -0.437 e. The number of nitrogens with zero attached hydrogens (tertiary/aromatic N) is 1. The van der Waals surface area contributed by atoms with E-state index in [-0.39, 0.29) is 27.5 Å². The van der Waals surface area contributed by atoms with Gasteiger partial charge in [-0.1, -0.05) is 39.1 Å². The van der Waals surface area contributed by atoms with Crippen LogP contribution in [-0.2, 0) is 0 Å². The average molecular weight is 352 g/mol. The van der Waals surface area contributed by atoms with Gasteiger partial charge in [0.2, 0.25) is 5.88 Å². The lowest BCUT2D eigenvalue weighted by Gasteiger charge is -2.08. The van der Waals surface area contributed by atoms with Gasteiger partial charge >= 0.3 is 0 Å². The standard InChI is InChI=1S/C11H6BrCl2FN2O/c12-5-1-6(15)3-7(2-5)18-11-9(14)4-8(13)10(16)17-11/h1-4H,(H2,16,17). The normalized spacial score (nSPS) is 10.4. The Labute approximate surface area is 121 Å². The topological polar surface area (TPSA) is 48.1 Å². The molecule has 2 N–H and O–H groups in total. The van der Waals surface area contributed by atoms with Crippen LogP contribution in [0, 0.1) is 5.82 Å². The fraction of sp³-hybridized carbons (Fsp3) is 0. The molecule has 0 aliphatic carbocycles. The number of benzene rings is 1. The molecule has 0 radical (unpaired) electrons. The molecule has 0 spiro atoms. The van der Waals surface area contributed by atoms with Crippen LogP contribution in [-0.4, -0.2) is 4.98 Å². The van der Waals surface area contributed by atoms with Crippen LogP contribution in [0.2, 0.25) is 10.0 Å². The number of aromatic nitrogens is 1. The largest absolute Gasteiger partial charge is 0.437 e. The van der Waals surface area contributed by atoms with Gasteiger partial charge in [-0.05, 0) is 18.2 Å². The molecular weight excluding hydrogens is 346 g/mol. The van der Waals surface area contributed by atoms with Crippen molar-refractivity contribution in [2.75, 3.05) is 5.73 Å². The maximum absolute atomic E-state index is 13.2. The van der Waals surface area contributed by atoms with E-state index in [0.29, 0.717) is 4.47 Å². The molecule has 0 saturated heterocycles. The van der Waals surface area contributed by atoms with Crippen LogP contribution in [0.3, 0.4) is 0 Å². The second kappa shape index (κ2) is 5.30. The van der Waals surface area contributed by atoms with Crippen LogP contribution in [0.15, 0.2) is 28.7 Å². The van der Waals surface area contributed by atoms with Gasteiger partial charge in [0, 0.05) is 10.5 Å². The molecule has 0 bridgehead atoms. The minimum atomic E-state index is -0.447. The van der Waals surface area contributed by atoms with Crippen molar-refractivity contribution in [3.05, 3.63) is 44.6 Å². The SMILES string of the molecule is Nc1nc(Oc2cc(F)cc(Br)c2)c(Cl)cc1Cl. The average Bonchev–Trinajstić information content (AvgIpc) is 2.24. The highest BCUT2D eigenvalue weighted by Crippen LogP contribution is 2.33. The van der Waals surface area contributed by atoms with Gasteiger partial charge in [0.15, 0.2) is 0 Å². The molecule has 0 saturated carbocycles. The number of nitrogens with two attached hydrogens (primary N) is 1. The van der Waals surface area contributed by atoms with Crippen molar-refractivity contribution < 1.29 is 9.13 Å². The molecule has 2 aromatic rings. The molecule has 94 valence electrons. The van der Waals surface area contributed by atoms with Gasteiger partial charge in [-0.25, -0.2) is 4.39 Å². The van der Waals surface area contributed by atoms with Crippen LogP contribution in [0.5, 0.6) is 11.6 Å². The molecule has 1 aromatic heterocycles. The summed E-state index contributed by atoms with van der Waals surface area (Å²) < 4.78 is 19.1. The van der Waals surface area contributed by atoms with E-state index in [1.165, 1.54) is 18.2 Å². The highest BCUT2D eigenvalue weighted by molar-refractivity contribution is 9.10. The quantitative estimate of drug-likeness (QED) is 0.855. The van der Waals surface area contributed by atoms with Gasteiger partial charge in [0.1, 0.15) is 22.4 Å². The van der Waals surface area contributed by atoms with Gasteiger partial charge in [-0.15, -0.1) is 0 Å². The van der Waals surface area contributed by atoms with Crippen LogP contribution in [0.25, 0.3) is 0 Å². The van der Waals surface area contributed by atoms with Crippen molar-refractivity contribution in [2.45, 2.75) is 0 Å². The molecule has 0 unspecified atom stereocenters. The van der Waals surface area contributed by atoms with Crippen molar-refractivity contribution in [3.63, 3.8) is 0 Å². The summed E-state index contributed by atoms with van der Waals surface area (Å²) in [4.78, 5) is 3.88. The summed E-state index contributed by atoms with van der Waals surface area (Å²) in [6.07, 6.45) is 0. The summed E-state index contributed by atoms with van der Waals surface area (Å²) in [6, 6.07) is 5.49. The van der Waals surface area contributed by atoms with E-state index in [9.17, 15) is 4.39 Å². The fourth-order valence-electron chi connectivity index (χ4n) is 1.23. The second-order valence-electron chi connectivity index (χ2n) is 3.35. The molecule has 0 aliphatic heterocycles. The van der Waals surface area contributed by atoms with Crippen LogP contribution >= 0.6 is 39.1 Å². The molecule has 0 amide bonds. The van der Waals surface area contributed by atoms with E-state index in [4.69, 9.17) is 33.7 Å². The summed E-state index contributed by atoms with van der Waals surface area (Å²) in [5, 5.41) is 0.419. The predicted molar refractivity (Wildman–Crippen MR) is 72.8 cm³/mol. The highest BCUT2D eigenvalue weighted by Gasteiger charge is 2.10. The van der Waals surface area contributed by atoms with Crippen molar-refractivity contribution >= 4 is 44.9 Å². The third-order valence-corrected chi connectivity index (χ3v) is 3.01. The van der Waals surface area contributed by atoms with Crippen LogP contribution < -0.4 is 10.5 Å². The third kappa shape index (κ3) is 3.04. The number of halogens is 4. The Morgan fingerprint density at radius 2 is 1.89 bits per heavy atom. The fourth-order valence-corrected chi connectivity index (χ4v) is 2.08. The number of hydrogen-bond acceptors (Lipinski definition) is 3. The van der Waals surface area contributed by atoms with Gasteiger partial charge in [-0.3, -0.25) is 0 Å².